The van der Waals surface area contributed by atoms with E-state index in [2.05, 4.69) is 0 Å². The van der Waals surface area contributed by atoms with Gasteiger partial charge in [0.2, 0.25) is 0 Å². The summed E-state index contributed by atoms with van der Waals surface area (Å²) in [6, 6.07) is 2.02. The van der Waals surface area contributed by atoms with Crippen LogP contribution in [0.3, 0.4) is 0 Å². The first-order valence-electron chi connectivity index (χ1n) is 2.56. The van der Waals surface area contributed by atoms with Gasteiger partial charge in [0.05, 0.1) is 6.07 Å². The summed E-state index contributed by atoms with van der Waals surface area (Å²) in [6.07, 6.45) is 2.75. The lowest BCUT2D eigenvalue weighted by atomic mass is 10.1. The highest BCUT2D eigenvalue weighted by molar-refractivity contribution is 5.50. The van der Waals surface area contributed by atoms with Gasteiger partial charge in [0, 0.05) is 12.3 Å². The second-order valence-electron chi connectivity index (χ2n) is 1.71. The van der Waals surface area contributed by atoms with Crippen LogP contribution in [0.1, 0.15) is 19.8 Å². The van der Waals surface area contributed by atoms with Crippen molar-refractivity contribution in [3.05, 3.63) is 0 Å². The van der Waals surface area contributed by atoms with Gasteiger partial charge < -0.3 is 0 Å². The zero-order valence-electron chi connectivity index (χ0n) is 4.85. The molecule has 0 rings (SSSR count). The zero-order chi connectivity index (χ0) is 6.41. The summed E-state index contributed by atoms with van der Waals surface area (Å²) >= 11 is 0. The Balaban J connectivity index is 3.14. The molecule has 1 atom stereocenters. The quantitative estimate of drug-likeness (QED) is 0.544. The number of nitrogens with zero attached hydrogens (tertiary/aromatic N) is 1. The van der Waals surface area contributed by atoms with Crippen molar-refractivity contribution in [2.24, 2.45) is 5.92 Å². The molecule has 0 heterocycles. The van der Waals surface area contributed by atoms with E-state index >= 15 is 0 Å². The molecule has 43 valence electrons. The van der Waals surface area contributed by atoms with Crippen molar-refractivity contribution >= 4 is 6.29 Å². The first-order valence-corrected chi connectivity index (χ1v) is 2.56. The first kappa shape index (κ1) is 7.16. The lowest BCUT2D eigenvalue weighted by Gasteiger charge is -1.91. The van der Waals surface area contributed by atoms with Gasteiger partial charge in [-0.1, -0.05) is 0 Å². The highest BCUT2D eigenvalue weighted by Crippen LogP contribution is 1.99. The summed E-state index contributed by atoms with van der Waals surface area (Å²) in [5.74, 6) is -0.00329. The summed E-state index contributed by atoms with van der Waals surface area (Å²) in [5.41, 5.74) is 0. The lowest BCUT2D eigenvalue weighted by Crippen LogP contribution is -1.88. The smallest absolute Gasteiger partial charge is 0.198 e. The molecular weight excluding hydrogens is 102 g/mol. The van der Waals surface area contributed by atoms with Gasteiger partial charge in [-0.2, -0.15) is 5.26 Å². The third kappa shape index (κ3) is 3.35. The van der Waals surface area contributed by atoms with Crippen molar-refractivity contribution in [3.8, 4) is 6.07 Å². The average Bonchev–Trinajstić information content (AvgIpc) is 1.83. The molecule has 0 amide bonds. The number of hydrogen-bond donors (Lipinski definition) is 0. The molecule has 0 N–H and O–H groups in total. The Morgan fingerprint density at radius 2 is 2.38 bits per heavy atom. The first-order chi connectivity index (χ1) is 3.81. The standard InChI is InChI=1S/C6H8NO/c1-6(5-7)3-2-4-8/h6H,2-3H2,1H3. The fourth-order valence-electron chi connectivity index (χ4n) is 0.340. The van der Waals surface area contributed by atoms with Crippen LogP contribution in [-0.4, -0.2) is 6.29 Å². The Morgan fingerprint density at radius 1 is 1.75 bits per heavy atom. The van der Waals surface area contributed by atoms with E-state index in [-0.39, 0.29) is 5.92 Å². The highest BCUT2D eigenvalue weighted by atomic mass is 16.1. The van der Waals surface area contributed by atoms with E-state index in [1.165, 1.54) is 0 Å². The highest BCUT2D eigenvalue weighted by Gasteiger charge is 1.96. The topological polar surface area (TPSA) is 40.9 Å². The summed E-state index contributed by atoms with van der Waals surface area (Å²) in [7, 11) is 0. The predicted octanol–water partition coefficient (Wildman–Crippen LogP) is 1.04. The summed E-state index contributed by atoms with van der Waals surface area (Å²) in [5, 5.41) is 8.18. The largest absolute Gasteiger partial charge is 0.291 e. The molecule has 0 aromatic rings. The van der Waals surface area contributed by atoms with Crippen molar-refractivity contribution < 1.29 is 4.79 Å². The summed E-state index contributed by atoms with van der Waals surface area (Å²) < 4.78 is 0. The van der Waals surface area contributed by atoms with E-state index in [9.17, 15) is 4.79 Å². The van der Waals surface area contributed by atoms with Crippen molar-refractivity contribution in [2.75, 3.05) is 0 Å². The summed E-state index contributed by atoms with van der Waals surface area (Å²) in [4.78, 5) is 9.59. The van der Waals surface area contributed by atoms with Crippen LogP contribution in [0.25, 0.3) is 0 Å². The molecule has 2 heteroatoms. The minimum absolute atomic E-state index is 0.00329. The van der Waals surface area contributed by atoms with Gasteiger partial charge >= 0.3 is 0 Å². The molecule has 0 spiro atoms. The molecule has 1 unspecified atom stereocenters. The normalized spacial score (nSPS) is 12.0. The SMILES string of the molecule is CC(C#N)CC[C]=O. The van der Waals surface area contributed by atoms with Crippen molar-refractivity contribution in [3.63, 3.8) is 0 Å². The monoisotopic (exact) mass is 110 g/mol. The van der Waals surface area contributed by atoms with Crippen LogP contribution >= 0.6 is 0 Å². The molecule has 0 aliphatic heterocycles. The second-order valence-corrected chi connectivity index (χ2v) is 1.71. The van der Waals surface area contributed by atoms with E-state index in [4.69, 9.17) is 5.26 Å². The number of rotatable bonds is 3. The number of hydrogen-bond acceptors (Lipinski definition) is 2. The average molecular weight is 110 g/mol. The Labute approximate surface area is 49.1 Å². The summed E-state index contributed by atoms with van der Waals surface area (Å²) in [6.45, 7) is 1.79. The van der Waals surface area contributed by atoms with E-state index in [0.29, 0.717) is 12.8 Å². The van der Waals surface area contributed by atoms with Crippen LogP contribution in [0.2, 0.25) is 0 Å². The van der Waals surface area contributed by atoms with E-state index in [0.717, 1.165) is 0 Å². The van der Waals surface area contributed by atoms with Gasteiger partial charge in [-0.15, -0.1) is 0 Å². The number of carbonyl (C=O) groups excluding carboxylic acids is 1. The molecule has 0 aromatic carbocycles. The maximum Gasteiger partial charge on any atom is 0.198 e. The van der Waals surface area contributed by atoms with Gasteiger partial charge in [0.1, 0.15) is 0 Å². The number of nitriles is 1. The second kappa shape index (κ2) is 4.32. The molecule has 0 saturated carbocycles. The third-order valence-electron chi connectivity index (χ3n) is 0.900. The van der Waals surface area contributed by atoms with Crippen LogP contribution in [0, 0.1) is 17.2 Å². The van der Waals surface area contributed by atoms with Crippen LogP contribution in [0.4, 0.5) is 0 Å². The molecular formula is C6H8NO. The molecule has 0 saturated heterocycles. The van der Waals surface area contributed by atoms with Crippen LogP contribution in [0.15, 0.2) is 0 Å². The van der Waals surface area contributed by atoms with E-state index in [1.807, 2.05) is 6.07 Å². The van der Waals surface area contributed by atoms with Crippen LogP contribution in [-0.2, 0) is 4.79 Å². The molecule has 0 aromatic heterocycles. The maximum atomic E-state index is 9.59. The molecule has 0 fully saturated rings. The van der Waals surface area contributed by atoms with Gasteiger partial charge in [-0.25, -0.2) is 0 Å². The van der Waals surface area contributed by atoms with Gasteiger partial charge in [0.15, 0.2) is 6.29 Å². The third-order valence-corrected chi connectivity index (χ3v) is 0.900. The Bertz CT molecular complexity index is 104. The zero-order valence-corrected chi connectivity index (χ0v) is 4.85. The Morgan fingerprint density at radius 3 is 2.75 bits per heavy atom. The van der Waals surface area contributed by atoms with Crippen LogP contribution in [0.5, 0.6) is 0 Å². The molecule has 8 heavy (non-hydrogen) atoms. The lowest BCUT2D eigenvalue weighted by molar-refractivity contribution is 0.541. The van der Waals surface area contributed by atoms with E-state index < -0.39 is 0 Å². The van der Waals surface area contributed by atoms with Crippen molar-refractivity contribution in [2.45, 2.75) is 19.8 Å². The molecule has 2 nitrogen and oxygen atoms in total. The predicted molar refractivity (Wildman–Crippen MR) is 29.7 cm³/mol. The minimum Gasteiger partial charge on any atom is -0.291 e. The van der Waals surface area contributed by atoms with Crippen molar-refractivity contribution in [1.82, 2.24) is 0 Å². The molecule has 0 aliphatic carbocycles. The van der Waals surface area contributed by atoms with Gasteiger partial charge in [-0.05, 0) is 13.3 Å². The Kier molecular flexibility index (Phi) is 3.87. The molecule has 0 bridgehead atoms. The van der Waals surface area contributed by atoms with Gasteiger partial charge in [0.25, 0.3) is 0 Å². The van der Waals surface area contributed by atoms with Gasteiger partial charge in [-0.3, -0.25) is 4.79 Å². The van der Waals surface area contributed by atoms with E-state index in [1.54, 1.807) is 13.2 Å². The molecule has 0 aliphatic rings. The fraction of sp³-hybridized carbons (Fsp3) is 0.667. The molecule has 1 radical (unpaired) electrons. The maximum absolute atomic E-state index is 9.59. The van der Waals surface area contributed by atoms with Crippen LogP contribution < -0.4 is 0 Å². The Hall–Kier alpha value is -0.840. The van der Waals surface area contributed by atoms with Crippen molar-refractivity contribution in [1.29, 1.82) is 5.26 Å². The fourth-order valence-corrected chi connectivity index (χ4v) is 0.340. The minimum atomic E-state index is -0.00329.